The van der Waals surface area contributed by atoms with E-state index < -0.39 is 0 Å². The van der Waals surface area contributed by atoms with Crippen LogP contribution in [0.25, 0.3) is 0 Å². The van der Waals surface area contributed by atoms with Crippen LogP contribution in [-0.2, 0) is 4.74 Å². The van der Waals surface area contributed by atoms with Gasteiger partial charge >= 0.3 is 0 Å². The van der Waals surface area contributed by atoms with Crippen molar-refractivity contribution in [1.82, 2.24) is 0 Å². The van der Waals surface area contributed by atoms with Crippen LogP contribution >= 0.6 is 0 Å². The quantitative estimate of drug-likeness (QED) is 0.561. The molecule has 5 nitrogen and oxygen atoms in total. The molecular formula is C28H35NO4. The van der Waals surface area contributed by atoms with Crippen LogP contribution in [0.1, 0.15) is 68.6 Å². The van der Waals surface area contributed by atoms with E-state index in [0.29, 0.717) is 25.2 Å². The smallest absolute Gasteiger partial charge is 0.161 e. The molecule has 2 aromatic carbocycles. The Kier molecular flexibility index (Phi) is 6.59. The van der Waals surface area contributed by atoms with E-state index in [0.717, 1.165) is 59.1 Å². The van der Waals surface area contributed by atoms with E-state index in [9.17, 15) is 0 Å². The average molecular weight is 450 g/mol. The Morgan fingerprint density at radius 2 is 1.70 bits per heavy atom. The number of aliphatic imine (C=N–C) groups is 1. The highest BCUT2D eigenvalue weighted by Crippen LogP contribution is 2.45. The summed E-state index contributed by atoms with van der Waals surface area (Å²) in [6.07, 6.45) is 6.92. The first-order valence-corrected chi connectivity index (χ1v) is 12.5. The fraction of sp³-hybridized carbons (Fsp3) is 0.536. The van der Waals surface area contributed by atoms with E-state index in [4.69, 9.17) is 23.9 Å². The molecule has 2 aromatic rings. The Morgan fingerprint density at radius 3 is 2.36 bits per heavy atom. The van der Waals surface area contributed by atoms with E-state index in [1.807, 2.05) is 26.0 Å². The molecule has 0 bridgehead atoms. The van der Waals surface area contributed by atoms with Crippen LogP contribution < -0.4 is 14.2 Å². The van der Waals surface area contributed by atoms with Gasteiger partial charge in [0.15, 0.2) is 11.5 Å². The van der Waals surface area contributed by atoms with E-state index in [-0.39, 0.29) is 0 Å². The lowest BCUT2D eigenvalue weighted by Gasteiger charge is -2.36. The molecule has 0 spiro atoms. The van der Waals surface area contributed by atoms with Crippen molar-refractivity contribution in [1.29, 1.82) is 0 Å². The molecular weight excluding hydrogens is 414 g/mol. The third kappa shape index (κ3) is 4.48. The molecule has 4 atom stereocenters. The molecule has 0 aromatic heterocycles. The second kappa shape index (κ2) is 9.76. The number of rotatable bonds is 6. The molecule has 176 valence electrons. The largest absolute Gasteiger partial charge is 0.493 e. The number of methoxy groups -OCH3 is 1. The number of nitrogens with zero attached hydrogens (tertiary/aromatic N) is 1. The zero-order valence-corrected chi connectivity index (χ0v) is 20.0. The maximum atomic E-state index is 5.92. The van der Waals surface area contributed by atoms with E-state index >= 15 is 0 Å². The summed E-state index contributed by atoms with van der Waals surface area (Å²) in [5, 5.41) is 0. The first-order chi connectivity index (χ1) is 16.2. The third-order valence-corrected chi connectivity index (χ3v) is 7.14. The highest BCUT2D eigenvalue weighted by molar-refractivity contribution is 6.16. The Hall–Kier alpha value is -2.53. The molecule has 33 heavy (non-hydrogen) atoms. The lowest BCUT2D eigenvalue weighted by molar-refractivity contribution is 0.0231. The number of hydrogen-bond acceptors (Lipinski definition) is 5. The van der Waals surface area contributed by atoms with Gasteiger partial charge in [-0.05, 0) is 62.9 Å². The summed E-state index contributed by atoms with van der Waals surface area (Å²) in [7, 11) is 1.70. The summed E-state index contributed by atoms with van der Waals surface area (Å²) in [5.74, 6) is 3.94. The summed E-state index contributed by atoms with van der Waals surface area (Å²) in [4.78, 5) is 5.25. The van der Waals surface area contributed by atoms with Crippen LogP contribution in [0.15, 0.2) is 41.4 Å². The molecule has 6 rings (SSSR count). The Morgan fingerprint density at radius 1 is 0.939 bits per heavy atom. The van der Waals surface area contributed by atoms with Gasteiger partial charge in [-0.3, -0.25) is 4.99 Å². The molecule has 2 heterocycles. The third-order valence-electron chi connectivity index (χ3n) is 7.14. The highest BCUT2D eigenvalue weighted by atomic mass is 16.5. The van der Waals surface area contributed by atoms with Crippen molar-refractivity contribution in [3.8, 4) is 17.2 Å². The van der Waals surface area contributed by atoms with Crippen molar-refractivity contribution in [2.24, 2.45) is 10.9 Å². The monoisotopic (exact) mass is 449 g/mol. The van der Waals surface area contributed by atoms with Crippen molar-refractivity contribution in [3.63, 3.8) is 0 Å². The Labute approximate surface area is 197 Å². The van der Waals surface area contributed by atoms with Gasteiger partial charge in [-0.15, -0.1) is 0 Å². The van der Waals surface area contributed by atoms with Crippen molar-refractivity contribution in [2.75, 3.05) is 26.9 Å². The highest BCUT2D eigenvalue weighted by Gasteiger charge is 2.47. The summed E-state index contributed by atoms with van der Waals surface area (Å²) < 4.78 is 22.5. The van der Waals surface area contributed by atoms with E-state index in [2.05, 4.69) is 24.3 Å². The molecule has 0 amide bonds. The van der Waals surface area contributed by atoms with E-state index in [1.165, 1.54) is 31.2 Å². The van der Waals surface area contributed by atoms with Crippen LogP contribution in [0.2, 0.25) is 0 Å². The van der Waals surface area contributed by atoms with Gasteiger partial charge in [-0.1, -0.05) is 25.0 Å². The SMILES string of the molecule is C1OC2CC12.CCOc1cc2c(cc1OC)C(c1ccccc1OCC)=NC1CCCCC21. The van der Waals surface area contributed by atoms with Crippen LogP contribution in [0.4, 0.5) is 0 Å². The maximum Gasteiger partial charge on any atom is 0.161 e. The zero-order valence-electron chi connectivity index (χ0n) is 20.0. The Bertz CT molecular complexity index is 1000. The minimum atomic E-state index is 0.328. The number of ether oxygens (including phenoxy) is 4. The topological polar surface area (TPSA) is 49.3 Å². The molecule has 2 aliphatic heterocycles. The summed E-state index contributed by atoms with van der Waals surface area (Å²) in [6, 6.07) is 12.8. The van der Waals surface area contributed by atoms with Crippen molar-refractivity contribution < 1.29 is 18.9 Å². The second-order valence-corrected chi connectivity index (χ2v) is 9.26. The van der Waals surface area contributed by atoms with Crippen LogP contribution in [-0.4, -0.2) is 44.8 Å². The molecule has 2 aliphatic carbocycles. The lowest BCUT2D eigenvalue weighted by Crippen LogP contribution is -2.29. The average Bonchev–Trinajstić information content (AvgIpc) is 3.44. The fourth-order valence-corrected chi connectivity index (χ4v) is 5.26. The lowest BCUT2D eigenvalue weighted by atomic mass is 9.75. The van der Waals surface area contributed by atoms with Gasteiger partial charge in [-0.2, -0.15) is 0 Å². The molecule has 0 N–H and O–H groups in total. The van der Waals surface area contributed by atoms with Gasteiger partial charge in [0, 0.05) is 23.0 Å². The van der Waals surface area contributed by atoms with Crippen molar-refractivity contribution in [2.45, 2.75) is 64.0 Å². The normalized spacial score (nSPS) is 26.2. The number of hydrogen-bond donors (Lipinski definition) is 0. The standard InChI is InChI=1S/C24H29NO3.C4H6O/c1-4-27-21-13-9-7-11-17(21)24-19-15-22(26-3)23(28-5-2)14-18(19)16-10-6-8-12-20(16)25-24;1-3-2-5-4(1)3/h7,9,11,13-16,20H,4-6,8,10,12H2,1-3H3;3-4H,1-2H2. The van der Waals surface area contributed by atoms with Crippen molar-refractivity contribution in [3.05, 3.63) is 53.1 Å². The van der Waals surface area contributed by atoms with Crippen molar-refractivity contribution >= 4 is 5.71 Å². The van der Waals surface area contributed by atoms with Gasteiger partial charge in [0.2, 0.25) is 0 Å². The van der Waals surface area contributed by atoms with Gasteiger partial charge in [0.1, 0.15) is 5.75 Å². The van der Waals surface area contributed by atoms with Gasteiger partial charge in [0.05, 0.1) is 44.8 Å². The van der Waals surface area contributed by atoms with E-state index in [1.54, 1.807) is 7.11 Å². The van der Waals surface area contributed by atoms with Gasteiger partial charge < -0.3 is 18.9 Å². The number of para-hydroxylation sites is 1. The van der Waals surface area contributed by atoms with Crippen LogP contribution in [0.3, 0.4) is 0 Å². The molecule has 0 radical (unpaired) electrons. The summed E-state index contributed by atoms with van der Waals surface area (Å²) in [6.45, 7) is 6.34. The van der Waals surface area contributed by atoms with Crippen LogP contribution in [0, 0.1) is 5.92 Å². The second-order valence-electron chi connectivity index (χ2n) is 9.26. The molecule has 2 saturated carbocycles. The molecule has 3 fully saturated rings. The maximum absolute atomic E-state index is 5.92. The predicted molar refractivity (Wildman–Crippen MR) is 130 cm³/mol. The molecule has 1 saturated heterocycles. The van der Waals surface area contributed by atoms with Crippen LogP contribution in [0.5, 0.6) is 17.2 Å². The summed E-state index contributed by atoms with van der Waals surface area (Å²) in [5.41, 5.74) is 4.56. The molecule has 4 aliphatic rings. The summed E-state index contributed by atoms with van der Waals surface area (Å²) >= 11 is 0. The predicted octanol–water partition coefficient (Wildman–Crippen LogP) is 5.77. The molecule has 5 heteroatoms. The first kappa shape index (κ1) is 22.3. The molecule has 4 unspecified atom stereocenters. The Balaban J connectivity index is 0.000000396. The van der Waals surface area contributed by atoms with Gasteiger partial charge in [0.25, 0.3) is 0 Å². The zero-order chi connectivity index (χ0) is 22.8. The fourth-order valence-electron chi connectivity index (χ4n) is 5.26. The number of fused-ring (bicyclic) bond motifs is 4. The first-order valence-electron chi connectivity index (χ1n) is 12.5. The number of benzene rings is 2. The minimum absolute atomic E-state index is 0.328. The minimum Gasteiger partial charge on any atom is -0.493 e. The van der Waals surface area contributed by atoms with Gasteiger partial charge in [-0.25, -0.2) is 0 Å².